The number of hydrogen-bond donors (Lipinski definition) is 0. The van der Waals surface area contributed by atoms with Gasteiger partial charge in [-0.1, -0.05) is 5.92 Å². The van der Waals surface area contributed by atoms with Gasteiger partial charge in [0.2, 0.25) is 0 Å². The minimum atomic E-state index is 1.01. The van der Waals surface area contributed by atoms with Gasteiger partial charge in [0.1, 0.15) is 0 Å². The number of nitrogens with zero attached hydrogens (tertiary/aromatic N) is 1. The fourth-order valence-electron chi connectivity index (χ4n) is 0.513. The van der Waals surface area contributed by atoms with E-state index >= 15 is 0 Å². The molecule has 1 nitrogen and oxygen atoms in total. The lowest BCUT2D eigenvalue weighted by Crippen LogP contribution is -1.72. The normalized spacial score (nSPS) is 8.10. The zero-order chi connectivity index (χ0) is 7.23. The third-order valence-electron chi connectivity index (χ3n) is 0.914. The number of halogens is 1. The van der Waals surface area contributed by atoms with Gasteiger partial charge in [-0.15, -0.1) is 0 Å². The Balaban J connectivity index is 2.76. The number of hydrogen-bond acceptors (Lipinski definition) is 2. The minimum Gasteiger partial charge on any atom is -0.265 e. The Kier molecular flexibility index (Phi) is 3.62. The topological polar surface area (TPSA) is 12.9 Å². The van der Waals surface area contributed by atoms with E-state index in [2.05, 4.69) is 37.4 Å². The Morgan fingerprint density at radius 1 is 1.40 bits per heavy atom. The van der Waals surface area contributed by atoms with Crippen molar-refractivity contribution in [3.63, 3.8) is 0 Å². The van der Waals surface area contributed by atoms with Crippen LogP contribution < -0.4 is 0 Å². The predicted octanol–water partition coefficient (Wildman–Crippen LogP) is 2.47. The second-order valence-electron chi connectivity index (χ2n) is 1.54. The molecular weight excluding hydrogens is 257 g/mol. The van der Waals surface area contributed by atoms with Crippen LogP contribution in [0.1, 0.15) is 5.56 Å². The summed E-state index contributed by atoms with van der Waals surface area (Å²) in [7, 11) is 1.48. The van der Waals surface area contributed by atoms with Crippen molar-refractivity contribution in [2.24, 2.45) is 0 Å². The first-order chi connectivity index (χ1) is 4.93. The molecule has 0 N–H and O–H groups in total. The smallest absolute Gasteiger partial charge is 0.0285 e. The summed E-state index contributed by atoms with van der Waals surface area (Å²) in [5, 5.41) is 2.89. The van der Waals surface area contributed by atoms with Crippen molar-refractivity contribution in [1.82, 2.24) is 4.98 Å². The Morgan fingerprint density at radius 2 is 2.10 bits per heavy atom. The molecule has 1 aromatic rings. The molecule has 0 aromatic carbocycles. The molecule has 0 unspecified atom stereocenters. The fourth-order valence-corrected chi connectivity index (χ4v) is 1.00. The van der Waals surface area contributed by atoms with Crippen molar-refractivity contribution in [1.29, 1.82) is 0 Å². The maximum absolute atomic E-state index is 3.88. The first kappa shape index (κ1) is 7.89. The molecule has 0 aliphatic rings. The quantitative estimate of drug-likeness (QED) is 0.525. The van der Waals surface area contributed by atoms with Crippen molar-refractivity contribution >= 4 is 30.1 Å². The van der Waals surface area contributed by atoms with Crippen LogP contribution in [0.3, 0.4) is 0 Å². The average molecular weight is 261 g/mol. The van der Waals surface area contributed by atoms with Gasteiger partial charge in [0.25, 0.3) is 0 Å². The van der Waals surface area contributed by atoms with Gasteiger partial charge in [-0.25, -0.2) is 0 Å². The van der Waals surface area contributed by atoms with E-state index in [1.165, 1.54) is 8.93 Å². The van der Waals surface area contributed by atoms with Gasteiger partial charge < -0.3 is 0 Å². The Morgan fingerprint density at radius 3 is 2.70 bits per heavy atom. The zero-order valence-corrected chi connectivity index (χ0v) is 8.02. The largest absolute Gasteiger partial charge is 0.265 e. The standard InChI is InChI=1S/C7H4INS/c8-10-6-3-7-1-4-9-5-2-7/h1-2,4-5H. The predicted molar refractivity (Wildman–Crippen MR) is 52.7 cm³/mol. The second-order valence-corrected chi connectivity index (χ2v) is 3.22. The average Bonchev–Trinajstić information content (AvgIpc) is 2.03. The van der Waals surface area contributed by atoms with Crippen molar-refractivity contribution in [3.8, 4) is 11.2 Å². The lowest BCUT2D eigenvalue weighted by atomic mass is 10.3. The molecule has 0 aliphatic carbocycles. The first-order valence-electron chi connectivity index (χ1n) is 2.62. The summed E-state index contributed by atoms with van der Waals surface area (Å²) in [6.45, 7) is 0. The molecule has 1 heterocycles. The number of pyridine rings is 1. The summed E-state index contributed by atoms with van der Waals surface area (Å²) < 4.78 is 0. The van der Waals surface area contributed by atoms with Gasteiger partial charge in [-0.2, -0.15) is 0 Å². The maximum atomic E-state index is 3.88. The third kappa shape index (κ3) is 2.58. The summed E-state index contributed by atoms with van der Waals surface area (Å²) in [5.41, 5.74) is 1.01. The van der Waals surface area contributed by atoms with Crippen molar-refractivity contribution in [2.45, 2.75) is 0 Å². The van der Waals surface area contributed by atoms with Gasteiger partial charge in [0.15, 0.2) is 0 Å². The number of rotatable bonds is 0. The summed E-state index contributed by atoms with van der Waals surface area (Å²) >= 11 is 2.14. The van der Waals surface area contributed by atoms with Gasteiger partial charge in [0.05, 0.1) is 0 Å². The summed E-state index contributed by atoms with van der Waals surface area (Å²) in [4.78, 5) is 3.88. The van der Waals surface area contributed by atoms with E-state index in [9.17, 15) is 0 Å². The molecule has 3 heteroatoms. The van der Waals surface area contributed by atoms with E-state index in [0.717, 1.165) is 5.56 Å². The van der Waals surface area contributed by atoms with Gasteiger partial charge in [-0.05, 0) is 26.3 Å². The van der Waals surface area contributed by atoms with Crippen LogP contribution in [-0.2, 0) is 0 Å². The van der Waals surface area contributed by atoms with Crippen LogP contribution in [0.25, 0.3) is 0 Å². The van der Waals surface area contributed by atoms with E-state index in [0.29, 0.717) is 0 Å². The Labute approximate surface area is 76.2 Å². The minimum absolute atomic E-state index is 1.01. The molecule has 0 spiro atoms. The summed E-state index contributed by atoms with van der Waals surface area (Å²) in [6.07, 6.45) is 3.48. The van der Waals surface area contributed by atoms with Gasteiger partial charge in [0, 0.05) is 39.2 Å². The monoisotopic (exact) mass is 261 g/mol. The highest BCUT2D eigenvalue weighted by atomic mass is 127. The molecule has 50 valence electrons. The molecule has 0 atom stereocenters. The van der Waals surface area contributed by atoms with Gasteiger partial charge in [-0.3, -0.25) is 4.98 Å². The summed E-state index contributed by atoms with van der Waals surface area (Å²) in [6, 6.07) is 3.78. The lowest BCUT2D eigenvalue weighted by molar-refractivity contribution is 1.32. The highest BCUT2D eigenvalue weighted by Gasteiger charge is 1.79. The molecule has 0 fully saturated rings. The third-order valence-corrected chi connectivity index (χ3v) is 1.75. The van der Waals surface area contributed by atoms with Crippen molar-refractivity contribution in [3.05, 3.63) is 30.1 Å². The molecular formula is C7H4INS. The van der Waals surface area contributed by atoms with Crippen molar-refractivity contribution < 1.29 is 0 Å². The fraction of sp³-hybridized carbons (Fsp3) is 0. The SMILES string of the molecule is ISC#Cc1ccncc1. The van der Waals surface area contributed by atoms with E-state index in [1.807, 2.05) is 12.1 Å². The Bertz CT molecular complexity index is 249. The highest BCUT2D eigenvalue weighted by molar-refractivity contribution is 14.2. The molecule has 0 saturated heterocycles. The maximum Gasteiger partial charge on any atom is 0.0285 e. The van der Waals surface area contributed by atoms with Crippen LogP contribution in [-0.4, -0.2) is 4.98 Å². The van der Waals surface area contributed by atoms with Gasteiger partial charge >= 0.3 is 0 Å². The molecule has 0 bridgehead atoms. The van der Waals surface area contributed by atoms with Crippen LogP contribution in [0.15, 0.2) is 24.5 Å². The molecule has 1 rings (SSSR count). The molecule has 0 amide bonds. The molecule has 0 aliphatic heterocycles. The van der Waals surface area contributed by atoms with Crippen LogP contribution in [0.5, 0.6) is 0 Å². The van der Waals surface area contributed by atoms with Crippen LogP contribution in [0, 0.1) is 11.2 Å². The number of aromatic nitrogens is 1. The highest BCUT2D eigenvalue weighted by Crippen LogP contribution is 2.07. The lowest BCUT2D eigenvalue weighted by Gasteiger charge is -1.83. The molecule has 0 radical (unpaired) electrons. The Hall–Kier alpha value is -0.210. The van der Waals surface area contributed by atoms with Crippen LogP contribution in [0.2, 0.25) is 0 Å². The van der Waals surface area contributed by atoms with Crippen LogP contribution >= 0.6 is 30.1 Å². The van der Waals surface area contributed by atoms with E-state index in [4.69, 9.17) is 0 Å². The summed E-state index contributed by atoms with van der Waals surface area (Å²) in [5.74, 6) is 2.96. The second kappa shape index (κ2) is 4.58. The molecule has 1 aromatic heterocycles. The zero-order valence-electron chi connectivity index (χ0n) is 5.04. The van der Waals surface area contributed by atoms with E-state index in [1.54, 1.807) is 12.4 Å². The van der Waals surface area contributed by atoms with E-state index < -0.39 is 0 Å². The molecule has 10 heavy (non-hydrogen) atoms. The van der Waals surface area contributed by atoms with Crippen molar-refractivity contribution in [2.75, 3.05) is 0 Å². The van der Waals surface area contributed by atoms with Crippen LogP contribution in [0.4, 0.5) is 0 Å². The molecule has 0 saturated carbocycles. The first-order valence-corrected chi connectivity index (χ1v) is 5.98. The van der Waals surface area contributed by atoms with E-state index in [-0.39, 0.29) is 0 Å².